The predicted molar refractivity (Wildman–Crippen MR) is 104 cm³/mol. The molecule has 3 rings (SSSR count). The van der Waals surface area contributed by atoms with Crippen molar-refractivity contribution in [3.63, 3.8) is 0 Å². The molecule has 0 spiro atoms. The van der Waals surface area contributed by atoms with Crippen molar-refractivity contribution in [2.75, 3.05) is 5.32 Å². The van der Waals surface area contributed by atoms with E-state index in [1.807, 2.05) is 42.5 Å². The molecule has 0 radical (unpaired) electrons. The minimum Gasteiger partial charge on any atom is -0.481 e. The van der Waals surface area contributed by atoms with Crippen molar-refractivity contribution in [3.05, 3.63) is 71.2 Å². The van der Waals surface area contributed by atoms with Gasteiger partial charge in [0, 0.05) is 5.41 Å². The Morgan fingerprint density at radius 2 is 1.73 bits per heavy atom. The molecule has 134 valence electrons. The Labute approximate surface area is 157 Å². The van der Waals surface area contributed by atoms with Gasteiger partial charge in [-0.1, -0.05) is 67.6 Å². The number of aromatic nitrogens is 2. The second kappa shape index (κ2) is 7.66. The monoisotopic (exact) mass is 367 g/mol. The van der Waals surface area contributed by atoms with E-state index in [0.29, 0.717) is 10.9 Å². The van der Waals surface area contributed by atoms with Crippen LogP contribution >= 0.6 is 11.3 Å². The van der Waals surface area contributed by atoms with Crippen molar-refractivity contribution in [1.29, 1.82) is 0 Å². The largest absolute Gasteiger partial charge is 0.481 e. The molecule has 3 aromatic rings. The van der Waals surface area contributed by atoms with E-state index in [1.54, 1.807) is 12.4 Å². The summed E-state index contributed by atoms with van der Waals surface area (Å²) < 4.78 is 5.74. The molecule has 0 aliphatic rings. The standard InChI is InChI=1S/C20H21N3O2S/c1-14(18(24)22-19-23-21-13-26-19)25-17-11-9-16(10-12-17)20(2,3)15-7-5-4-6-8-15/h4-14H,1-3H3,(H,22,23,24)/t14-/m0/s1. The molecule has 1 aromatic heterocycles. The van der Waals surface area contributed by atoms with Crippen molar-refractivity contribution in [2.24, 2.45) is 0 Å². The number of carbonyl (C=O) groups is 1. The predicted octanol–water partition coefficient (Wildman–Crippen LogP) is 4.27. The molecule has 0 aliphatic heterocycles. The Bertz CT molecular complexity index is 847. The summed E-state index contributed by atoms with van der Waals surface area (Å²) in [5.41, 5.74) is 3.88. The van der Waals surface area contributed by atoms with Crippen LogP contribution in [0.1, 0.15) is 31.9 Å². The van der Waals surface area contributed by atoms with Crippen LogP contribution in [0.5, 0.6) is 5.75 Å². The van der Waals surface area contributed by atoms with Crippen LogP contribution in [-0.4, -0.2) is 22.2 Å². The van der Waals surface area contributed by atoms with Gasteiger partial charge < -0.3 is 4.74 Å². The summed E-state index contributed by atoms with van der Waals surface area (Å²) in [6.07, 6.45) is -0.633. The maximum absolute atomic E-state index is 12.1. The van der Waals surface area contributed by atoms with Crippen LogP contribution in [0.15, 0.2) is 60.1 Å². The summed E-state index contributed by atoms with van der Waals surface area (Å²) in [6.45, 7) is 6.09. The van der Waals surface area contributed by atoms with Gasteiger partial charge >= 0.3 is 0 Å². The highest BCUT2D eigenvalue weighted by molar-refractivity contribution is 7.13. The van der Waals surface area contributed by atoms with Crippen molar-refractivity contribution >= 4 is 22.4 Å². The lowest BCUT2D eigenvalue weighted by atomic mass is 9.78. The zero-order valence-corrected chi connectivity index (χ0v) is 15.8. The third kappa shape index (κ3) is 4.08. The van der Waals surface area contributed by atoms with Gasteiger partial charge in [-0.2, -0.15) is 0 Å². The van der Waals surface area contributed by atoms with E-state index in [9.17, 15) is 4.79 Å². The molecule has 26 heavy (non-hydrogen) atoms. The lowest BCUT2D eigenvalue weighted by molar-refractivity contribution is -0.122. The van der Waals surface area contributed by atoms with E-state index < -0.39 is 6.10 Å². The summed E-state index contributed by atoms with van der Waals surface area (Å²) in [4.78, 5) is 12.1. The molecule has 1 N–H and O–H groups in total. The van der Waals surface area contributed by atoms with Crippen molar-refractivity contribution in [3.8, 4) is 5.75 Å². The molecule has 2 aromatic carbocycles. The van der Waals surface area contributed by atoms with Gasteiger partial charge in [0.25, 0.3) is 5.91 Å². The molecule has 1 heterocycles. The number of rotatable bonds is 6. The van der Waals surface area contributed by atoms with Gasteiger partial charge in [0.1, 0.15) is 11.3 Å². The topological polar surface area (TPSA) is 64.1 Å². The second-order valence-corrected chi connectivity index (χ2v) is 7.34. The Hall–Kier alpha value is -2.73. The SMILES string of the molecule is C[C@H](Oc1ccc(C(C)(C)c2ccccc2)cc1)C(=O)Nc1nncs1. The molecule has 1 amide bonds. The number of ether oxygens (including phenoxy) is 1. The summed E-state index contributed by atoms with van der Waals surface area (Å²) >= 11 is 1.27. The highest BCUT2D eigenvalue weighted by atomic mass is 32.1. The fourth-order valence-corrected chi connectivity index (χ4v) is 3.11. The van der Waals surface area contributed by atoms with E-state index in [0.717, 1.165) is 0 Å². The van der Waals surface area contributed by atoms with Crippen molar-refractivity contribution in [2.45, 2.75) is 32.3 Å². The Morgan fingerprint density at radius 1 is 1.08 bits per heavy atom. The first-order chi connectivity index (χ1) is 12.5. The summed E-state index contributed by atoms with van der Waals surface area (Å²) in [7, 11) is 0. The first kappa shape index (κ1) is 18.1. The van der Waals surface area contributed by atoms with E-state index in [2.05, 4.69) is 41.5 Å². The number of nitrogens with one attached hydrogen (secondary N) is 1. The number of carbonyl (C=O) groups excluding carboxylic acids is 1. The van der Waals surface area contributed by atoms with Crippen LogP contribution < -0.4 is 10.1 Å². The van der Waals surface area contributed by atoms with E-state index in [-0.39, 0.29) is 11.3 Å². The van der Waals surface area contributed by atoms with Crippen molar-refractivity contribution < 1.29 is 9.53 Å². The van der Waals surface area contributed by atoms with Crippen LogP contribution in [0.25, 0.3) is 0 Å². The summed E-state index contributed by atoms with van der Waals surface area (Å²) in [6, 6.07) is 18.2. The van der Waals surface area contributed by atoms with Crippen LogP contribution in [0.4, 0.5) is 5.13 Å². The fraction of sp³-hybridized carbons (Fsp3) is 0.250. The minimum absolute atomic E-state index is 0.110. The minimum atomic E-state index is -0.633. The van der Waals surface area contributed by atoms with Crippen LogP contribution in [0.2, 0.25) is 0 Å². The average Bonchev–Trinajstić information content (AvgIpc) is 3.16. The van der Waals surface area contributed by atoms with Gasteiger partial charge in [0.05, 0.1) is 0 Å². The number of hydrogen-bond donors (Lipinski definition) is 1. The lowest BCUT2D eigenvalue weighted by Gasteiger charge is -2.26. The Morgan fingerprint density at radius 3 is 2.35 bits per heavy atom. The van der Waals surface area contributed by atoms with E-state index >= 15 is 0 Å². The lowest BCUT2D eigenvalue weighted by Crippen LogP contribution is -2.30. The van der Waals surface area contributed by atoms with E-state index in [4.69, 9.17) is 4.74 Å². The van der Waals surface area contributed by atoms with E-state index in [1.165, 1.54) is 22.5 Å². The normalized spacial score (nSPS) is 12.4. The van der Waals surface area contributed by atoms with Gasteiger partial charge in [-0.25, -0.2) is 0 Å². The summed E-state index contributed by atoms with van der Waals surface area (Å²) in [5, 5.41) is 10.6. The zero-order chi connectivity index (χ0) is 18.6. The Balaban J connectivity index is 1.67. The summed E-state index contributed by atoms with van der Waals surface area (Å²) in [5.74, 6) is 0.396. The number of anilines is 1. The average molecular weight is 367 g/mol. The van der Waals surface area contributed by atoms with Gasteiger partial charge in [0.2, 0.25) is 5.13 Å². The van der Waals surface area contributed by atoms with Gasteiger partial charge in [0.15, 0.2) is 6.10 Å². The molecule has 0 saturated carbocycles. The maximum Gasteiger partial charge on any atom is 0.266 e. The number of benzene rings is 2. The number of amides is 1. The Kier molecular flexibility index (Phi) is 5.32. The third-order valence-electron chi connectivity index (χ3n) is 4.34. The molecule has 1 atom stereocenters. The zero-order valence-electron chi connectivity index (χ0n) is 15.0. The molecule has 6 heteroatoms. The van der Waals surface area contributed by atoms with Gasteiger partial charge in [-0.05, 0) is 30.2 Å². The molecule has 0 bridgehead atoms. The van der Waals surface area contributed by atoms with Gasteiger partial charge in [-0.3, -0.25) is 10.1 Å². The van der Waals surface area contributed by atoms with Crippen molar-refractivity contribution in [1.82, 2.24) is 10.2 Å². The van der Waals surface area contributed by atoms with Gasteiger partial charge in [-0.15, -0.1) is 10.2 Å². The molecule has 0 aliphatic carbocycles. The molecule has 0 unspecified atom stereocenters. The van der Waals surface area contributed by atoms with Crippen LogP contribution in [0.3, 0.4) is 0 Å². The molecule has 0 fully saturated rings. The van der Waals surface area contributed by atoms with Crippen LogP contribution in [-0.2, 0) is 10.2 Å². The number of nitrogens with zero attached hydrogens (tertiary/aromatic N) is 2. The van der Waals surface area contributed by atoms with Crippen LogP contribution in [0, 0.1) is 0 Å². The first-order valence-corrected chi connectivity index (χ1v) is 9.24. The first-order valence-electron chi connectivity index (χ1n) is 8.36. The molecule has 0 saturated heterocycles. The molecular formula is C20H21N3O2S. The molecule has 5 nitrogen and oxygen atoms in total. The molecular weight excluding hydrogens is 346 g/mol. The quantitative estimate of drug-likeness (QED) is 0.707. The second-order valence-electron chi connectivity index (χ2n) is 6.51. The fourth-order valence-electron chi connectivity index (χ4n) is 2.66. The highest BCUT2D eigenvalue weighted by Crippen LogP contribution is 2.32. The third-order valence-corrected chi connectivity index (χ3v) is 4.95. The highest BCUT2D eigenvalue weighted by Gasteiger charge is 2.23. The number of hydrogen-bond acceptors (Lipinski definition) is 5. The maximum atomic E-state index is 12.1. The smallest absolute Gasteiger partial charge is 0.266 e.